The molecule has 16 heavy (non-hydrogen) atoms. The number of likely N-dealkylation sites (tertiary alicyclic amines) is 1. The fourth-order valence-corrected chi connectivity index (χ4v) is 2.30. The van der Waals surface area contributed by atoms with Crippen LogP contribution in [0.2, 0.25) is 0 Å². The number of hydrogen-bond donors (Lipinski definition) is 1. The molecule has 2 atom stereocenters. The number of nitrogens with zero attached hydrogens (tertiary/aromatic N) is 1. The van der Waals surface area contributed by atoms with Crippen molar-refractivity contribution >= 4 is 5.91 Å². The summed E-state index contributed by atoms with van der Waals surface area (Å²) in [5.41, 5.74) is 5.88. The van der Waals surface area contributed by atoms with Crippen molar-refractivity contribution in [3.8, 4) is 0 Å². The van der Waals surface area contributed by atoms with Gasteiger partial charge in [0.1, 0.15) is 0 Å². The van der Waals surface area contributed by atoms with E-state index in [0.717, 1.165) is 25.8 Å². The molecule has 4 heteroatoms. The molecule has 1 aliphatic rings. The van der Waals surface area contributed by atoms with Crippen LogP contribution in [0.3, 0.4) is 0 Å². The summed E-state index contributed by atoms with van der Waals surface area (Å²) in [6.07, 6.45) is 5.11. The van der Waals surface area contributed by atoms with Crippen LogP contribution in [0, 0.1) is 0 Å². The van der Waals surface area contributed by atoms with Crippen LogP contribution in [0.25, 0.3) is 0 Å². The standard InChI is InChI=1S/C12H24N2O2/c1-3-10-6-4-5-8-14(10)12(15)11(13)7-9-16-2/h10-11H,3-9,13H2,1-2H3. The number of rotatable bonds is 5. The van der Waals surface area contributed by atoms with Crippen LogP contribution in [-0.4, -0.2) is 43.2 Å². The van der Waals surface area contributed by atoms with Crippen LogP contribution < -0.4 is 5.73 Å². The SMILES string of the molecule is CCC1CCCCN1C(=O)C(N)CCOC. The van der Waals surface area contributed by atoms with Crippen LogP contribution in [0.5, 0.6) is 0 Å². The summed E-state index contributed by atoms with van der Waals surface area (Å²) in [6.45, 7) is 3.56. The number of amides is 1. The second kappa shape index (κ2) is 6.86. The predicted molar refractivity (Wildman–Crippen MR) is 64.1 cm³/mol. The van der Waals surface area contributed by atoms with Gasteiger partial charge in [-0.05, 0) is 32.1 Å². The lowest BCUT2D eigenvalue weighted by molar-refractivity contribution is -0.136. The van der Waals surface area contributed by atoms with Gasteiger partial charge in [0.15, 0.2) is 0 Å². The summed E-state index contributed by atoms with van der Waals surface area (Å²) < 4.78 is 4.95. The summed E-state index contributed by atoms with van der Waals surface area (Å²) in [5, 5.41) is 0. The van der Waals surface area contributed by atoms with Crippen molar-refractivity contribution in [2.24, 2.45) is 5.73 Å². The highest BCUT2D eigenvalue weighted by atomic mass is 16.5. The first-order valence-corrected chi connectivity index (χ1v) is 6.25. The van der Waals surface area contributed by atoms with Gasteiger partial charge in [0.2, 0.25) is 5.91 Å². The maximum absolute atomic E-state index is 12.1. The minimum Gasteiger partial charge on any atom is -0.385 e. The van der Waals surface area contributed by atoms with Crippen LogP contribution >= 0.6 is 0 Å². The van der Waals surface area contributed by atoms with E-state index in [1.807, 2.05) is 4.90 Å². The van der Waals surface area contributed by atoms with Gasteiger partial charge in [-0.15, -0.1) is 0 Å². The molecule has 94 valence electrons. The minimum atomic E-state index is -0.396. The monoisotopic (exact) mass is 228 g/mol. The van der Waals surface area contributed by atoms with Gasteiger partial charge < -0.3 is 15.4 Å². The molecule has 1 heterocycles. The maximum atomic E-state index is 12.1. The minimum absolute atomic E-state index is 0.101. The molecule has 1 rings (SSSR count). The molecule has 1 fully saturated rings. The van der Waals surface area contributed by atoms with E-state index >= 15 is 0 Å². The summed E-state index contributed by atoms with van der Waals surface area (Å²) >= 11 is 0. The number of ether oxygens (including phenoxy) is 1. The molecule has 0 aromatic heterocycles. The number of carbonyl (C=O) groups excluding carboxylic acids is 1. The number of carbonyl (C=O) groups is 1. The smallest absolute Gasteiger partial charge is 0.239 e. The zero-order valence-corrected chi connectivity index (χ0v) is 10.4. The Morgan fingerprint density at radius 1 is 1.56 bits per heavy atom. The molecule has 2 N–H and O–H groups in total. The Balaban J connectivity index is 2.49. The average molecular weight is 228 g/mol. The van der Waals surface area contributed by atoms with Crippen molar-refractivity contribution in [3.05, 3.63) is 0 Å². The van der Waals surface area contributed by atoms with Gasteiger partial charge in [-0.1, -0.05) is 6.92 Å². The fraction of sp³-hybridized carbons (Fsp3) is 0.917. The quantitative estimate of drug-likeness (QED) is 0.767. The zero-order valence-electron chi connectivity index (χ0n) is 10.4. The third-order valence-electron chi connectivity index (χ3n) is 3.33. The molecule has 2 unspecified atom stereocenters. The Morgan fingerprint density at radius 2 is 2.31 bits per heavy atom. The van der Waals surface area contributed by atoms with Crippen LogP contribution in [0.4, 0.5) is 0 Å². The number of nitrogens with two attached hydrogens (primary N) is 1. The largest absolute Gasteiger partial charge is 0.385 e. The summed E-state index contributed by atoms with van der Waals surface area (Å²) in [4.78, 5) is 14.1. The van der Waals surface area contributed by atoms with Crippen molar-refractivity contribution in [1.82, 2.24) is 4.90 Å². The van der Waals surface area contributed by atoms with Gasteiger partial charge in [0.05, 0.1) is 6.04 Å². The van der Waals surface area contributed by atoms with Crippen molar-refractivity contribution in [1.29, 1.82) is 0 Å². The van der Waals surface area contributed by atoms with Gasteiger partial charge >= 0.3 is 0 Å². The summed E-state index contributed by atoms with van der Waals surface area (Å²) in [5.74, 6) is 0.101. The molecule has 0 bridgehead atoms. The lowest BCUT2D eigenvalue weighted by Gasteiger charge is -2.36. The second-order valence-electron chi connectivity index (χ2n) is 4.48. The normalized spacial score (nSPS) is 23.2. The molecule has 0 aromatic rings. The van der Waals surface area contributed by atoms with E-state index in [1.54, 1.807) is 7.11 Å². The number of hydrogen-bond acceptors (Lipinski definition) is 3. The van der Waals surface area contributed by atoms with Crippen molar-refractivity contribution in [2.75, 3.05) is 20.3 Å². The first-order valence-electron chi connectivity index (χ1n) is 6.25. The second-order valence-corrected chi connectivity index (χ2v) is 4.48. The molecule has 1 saturated heterocycles. The van der Waals surface area contributed by atoms with E-state index in [-0.39, 0.29) is 5.91 Å². The average Bonchev–Trinajstić information content (AvgIpc) is 2.34. The molecular formula is C12H24N2O2. The van der Waals surface area contributed by atoms with Crippen LogP contribution in [0.1, 0.15) is 39.0 Å². The van der Waals surface area contributed by atoms with Gasteiger partial charge in [-0.25, -0.2) is 0 Å². The summed E-state index contributed by atoms with van der Waals surface area (Å²) in [6, 6.07) is 0.00180. The third kappa shape index (κ3) is 3.46. The molecule has 0 saturated carbocycles. The fourth-order valence-electron chi connectivity index (χ4n) is 2.30. The number of methoxy groups -OCH3 is 1. The van der Waals surface area contributed by atoms with Gasteiger partial charge in [-0.3, -0.25) is 4.79 Å². The third-order valence-corrected chi connectivity index (χ3v) is 3.33. The highest BCUT2D eigenvalue weighted by molar-refractivity contribution is 5.82. The van der Waals surface area contributed by atoms with E-state index in [1.165, 1.54) is 6.42 Å². The molecule has 1 amide bonds. The van der Waals surface area contributed by atoms with Gasteiger partial charge in [0, 0.05) is 26.3 Å². The van der Waals surface area contributed by atoms with Crippen molar-refractivity contribution in [2.45, 2.75) is 51.1 Å². The van der Waals surface area contributed by atoms with E-state index in [4.69, 9.17) is 10.5 Å². The molecule has 0 spiro atoms. The van der Waals surface area contributed by atoms with Crippen LogP contribution in [0.15, 0.2) is 0 Å². The molecule has 0 aliphatic carbocycles. The zero-order chi connectivity index (χ0) is 12.0. The topological polar surface area (TPSA) is 55.6 Å². The van der Waals surface area contributed by atoms with E-state index in [2.05, 4.69) is 6.92 Å². The summed E-state index contributed by atoms with van der Waals surface area (Å²) in [7, 11) is 1.63. The van der Waals surface area contributed by atoms with E-state index in [0.29, 0.717) is 19.1 Å². The Kier molecular flexibility index (Phi) is 5.77. The lowest BCUT2D eigenvalue weighted by Crippen LogP contribution is -2.50. The van der Waals surface area contributed by atoms with Crippen LogP contribution in [-0.2, 0) is 9.53 Å². The molecule has 0 radical (unpaired) electrons. The highest BCUT2D eigenvalue weighted by Crippen LogP contribution is 2.20. The van der Waals surface area contributed by atoms with Crippen molar-refractivity contribution < 1.29 is 9.53 Å². The number of piperidine rings is 1. The van der Waals surface area contributed by atoms with Crippen molar-refractivity contribution in [3.63, 3.8) is 0 Å². The molecule has 0 aromatic carbocycles. The first kappa shape index (κ1) is 13.5. The Hall–Kier alpha value is -0.610. The van der Waals surface area contributed by atoms with E-state index in [9.17, 15) is 4.79 Å². The highest BCUT2D eigenvalue weighted by Gasteiger charge is 2.28. The van der Waals surface area contributed by atoms with E-state index < -0.39 is 6.04 Å². The Labute approximate surface area is 98.1 Å². The first-order chi connectivity index (χ1) is 7.70. The lowest BCUT2D eigenvalue weighted by atomic mass is 9.98. The Bertz CT molecular complexity index is 221. The maximum Gasteiger partial charge on any atom is 0.239 e. The van der Waals surface area contributed by atoms with Gasteiger partial charge in [0.25, 0.3) is 0 Å². The predicted octanol–water partition coefficient (Wildman–Crippen LogP) is 1.14. The Morgan fingerprint density at radius 3 is 2.94 bits per heavy atom. The molecular weight excluding hydrogens is 204 g/mol. The molecule has 1 aliphatic heterocycles. The molecule has 4 nitrogen and oxygen atoms in total. The van der Waals surface area contributed by atoms with Gasteiger partial charge in [-0.2, -0.15) is 0 Å².